The van der Waals surface area contributed by atoms with Gasteiger partial charge in [0.2, 0.25) is 0 Å². The normalized spacial score (nSPS) is 10.6. The molecule has 0 fully saturated rings. The van der Waals surface area contributed by atoms with Crippen LogP contribution in [0.15, 0.2) is 24.3 Å². The standard InChI is InChI=1S/C14H18N2OS/c1-3-4-5-12-13(16-14(15)18-12)10-6-8-11(17-2)9-7-10/h6-9H,3-5H2,1-2H3,(H2,15,16). The summed E-state index contributed by atoms with van der Waals surface area (Å²) < 4.78 is 5.16. The molecular formula is C14H18N2OS. The molecule has 0 amide bonds. The van der Waals surface area contributed by atoms with Gasteiger partial charge in [0, 0.05) is 10.4 Å². The Morgan fingerprint density at radius 3 is 2.61 bits per heavy atom. The maximum Gasteiger partial charge on any atom is 0.180 e. The van der Waals surface area contributed by atoms with Crippen LogP contribution >= 0.6 is 11.3 Å². The molecule has 0 spiro atoms. The van der Waals surface area contributed by atoms with E-state index in [4.69, 9.17) is 10.5 Å². The smallest absolute Gasteiger partial charge is 0.180 e. The molecule has 0 atom stereocenters. The Morgan fingerprint density at radius 1 is 1.28 bits per heavy atom. The van der Waals surface area contributed by atoms with E-state index in [9.17, 15) is 0 Å². The van der Waals surface area contributed by atoms with E-state index in [2.05, 4.69) is 11.9 Å². The zero-order valence-electron chi connectivity index (χ0n) is 10.8. The number of unbranched alkanes of at least 4 members (excludes halogenated alkanes) is 1. The molecular weight excluding hydrogens is 244 g/mol. The number of rotatable bonds is 5. The number of benzene rings is 1. The fourth-order valence-electron chi connectivity index (χ4n) is 1.85. The van der Waals surface area contributed by atoms with Crippen molar-refractivity contribution in [1.29, 1.82) is 0 Å². The molecule has 2 aromatic rings. The van der Waals surface area contributed by atoms with Crippen molar-refractivity contribution in [3.8, 4) is 17.0 Å². The first-order valence-electron chi connectivity index (χ1n) is 6.14. The summed E-state index contributed by atoms with van der Waals surface area (Å²) in [5.74, 6) is 0.858. The van der Waals surface area contributed by atoms with Gasteiger partial charge in [-0.15, -0.1) is 11.3 Å². The van der Waals surface area contributed by atoms with Crippen LogP contribution in [0.2, 0.25) is 0 Å². The van der Waals surface area contributed by atoms with Crippen molar-refractivity contribution in [2.75, 3.05) is 12.8 Å². The zero-order valence-corrected chi connectivity index (χ0v) is 11.6. The first-order chi connectivity index (χ1) is 8.74. The van der Waals surface area contributed by atoms with Gasteiger partial charge < -0.3 is 10.5 Å². The molecule has 0 aliphatic carbocycles. The summed E-state index contributed by atoms with van der Waals surface area (Å²) in [7, 11) is 1.67. The predicted octanol–water partition coefficient (Wildman–Crippen LogP) is 3.74. The lowest BCUT2D eigenvalue weighted by molar-refractivity contribution is 0.415. The highest BCUT2D eigenvalue weighted by atomic mass is 32.1. The van der Waals surface area contributed by atoms with Crippen LogP contribution in [0.3, 0.4) is 0 Å². The summed E-state index contributed by atoms with van der Waals surface area (Å²) >= 11 is 1.59. The van der Waals surface area contributed by atoms with Gasteiger partial charge in [-0.3, -0.25) is 0 Å². The van der Waals surface area contributed by atoms with Gasteiger partial charge in [-0.1, -0.05) is 13.3 Å². The minimum atomic E-state index is 0.645. The quantitative estimate of drug-likeness (QED) is 0.892. The third-order valence-electron chi connectivity index (χ3n) is 2.83. The Morgan fingerprint density at radius 2 is 2.00 bits per heavy atom. The Hall–Kier alpha value is -1.55. The first kappa shape index (κ1) is 12.9. The van der Waals surface area contributed by atoms with Crippen molar-refractivity contribution in [3.05, 3.63) is 29.1 Å². The van der Waals surface area contributed by atoms with Gasteiger partial charge in [-0.05, 0) is 37.1 Å². The lowest BCUT2D eigenvalue weighted by atomic mass is 10.1. The zero-order chi connectivity index (χ0) is 13.0. The third kappa shape index (κ3) is 2.82. The fraction of sp³-hybridized carbons (Fsp3) is 0.357. The summed E-state index contributed by atoms with van der Waals surface area (Å²) in [6.45, 7) is 2.19. The second-order valence-corrected chi connectivity index (χ2v) is 5.27. The summed E-state index contributed by atoms with van der Waals surface area (Å²) in [6.07, 6.45) is 3.40. The van der Waals surface area contributed by atoms with Crippen molar-refractivity contribution in [1.82, 2.24) is 4.98 Å². The third-order valence-corrected chi connectivity index (χ3v) is 3.78. The predicted molar refractivity (Wildman–Crippen MR) is 77.1 cm³/mol. The molecule has 0 aliphatic heterocycles. The number of hydrogen-bond acceptors (Lipinski definition) is 4. The van der Waals surface area contributed by atoms with Gasteiger partial charge in [0.15, 0.2) is 5.13 Å². The highest BCUT2D eigenvalue weighted by molar-refractivity contribution is 7.15. The molecule has 0 saturated carbocycles. The van der Waals surface area contributed by atoms with E-state index in [0.29, 0.717) is 5.13 Å². The Balaban J connectivity index is 2.30. The highest BCUT2D eigenvalue weighted by Crippen LogP contribution is 2.31. The second kappa shape index (κ2) is 5.87. The van der Waals surface area contributed by atoms with Crippen LogP contribution in [0, 0.1) is 0 Å². The van der Waals surface area contributed by atoms with Crippen LogP contribution in [0.25, 0.3) is 11.3 Å². The number of anilines is 1. The van der Waals surface area contributed by atoms with Crippen LogP contribution in [-0.4, -0.2) is 12.1 Å². The number of ether oxygens (including phenoxy) is 1. The van der Waals surface area contributed by atoms with Gasteiger partial charge in [0.1, 0.15) is 5.75 Å². The van der Waals surface area contributed by atoms with E-state index in [0.717, 1.165) is 23.4 Å². The second-order valence-electron chi connectivity index (χ2n) is 4.16. The number of hydrogen-bond donors (Lipinski definition) is 1. The lowest BCUT2D eigenvalue weighted by Crippen LogP contribution is -1.88. The molecule has 0 unspecified atom stereocenters. The summed E-state index contributed by atoms with van der Waals surface area (Å²) in [4.78, 5) is 5.72. The molecule has 0 radical (unpaired) electrons. The number of nitrogens with zero attached hydrogens (tertiary/aromatic N) is 1. The highest BCUT2D eigenvalue weighted by Gasteiger charge is 2.11. The molecule has 0 saturated heterocycles. The number of thiazole rings is 1. The summed E-state index contributed by atoms with van der Waals surface area (Å²) in [6, 6.07) is 7.97. The average molecular weight is 262 g/mol. The topological polar surface area (TPSA) is 48.1 Å². The molecule has 1 heterocycles. The van der Waals surface area contributed by atoms with E-state index in [-0.39, 0.29) is 0 Å². The van der Waals surface area contributed by atoms with Crippen LogP contribution in [0.5, 0.6) is 5.75 Å². The van der Waals surface area contributed by atoms with Crippen LogP contribution in [0.4, 0.5) is 5.13 Å². The van der Waals surface area contributed by atoms with Gasteiger partial charge in [0.05, 0.1) is 12.8 Å². The summed E-state index contributed by atoms with van der Waals surface area (Å²) in [5, 5.41) is 0.645. The number of aryl methyl sites for hydroxylation is 1. The molecule has 18 heavy (non-hydrogen) atoms. The van der Waals surface area contributed by atoms with Crippen LogP contribution in [-0.2, 0) is 6.42 Å². The molecule has 0 bridgehead atoms. The van der Waals surface area contributed by atoms with Crippen molar-refractivity contribution < 1.29 is 4.74 Å². The van der Waals surface area contributed by atoms with Gasteiger partial charge in [-0.2, -0.15) is 0 Å². The Bertz CT molecular complexity index is 505. The van der Waals surface area contributed by atoms with Crippen molar-refractivity contribution in [3.63, 3.8) is 0 Å². The number of methoxy groups -OCH3 is 1. The molecule has 3 nitrogen and oxygen atoms in total. The monoisotopic (exact) mass is 262 g/mol. The fourth-order valence-corrected chi connectivity index (χ4v) is 2.75. The van der Waals surface area contributed by atoms with E-state index >= 15 is 0 Å². The Labute approximate surface area is 112 Å². The van der Waals surface area contributed by atoms with Crippen LogP contribution in [0.1, 0.15) is 24.6 Å². The van der Waals surface area contributed by atoms with Crippen molar-refractivity contribution in [2.45, 2.75) is 26.2 Å². The molecule has 2 N–H and O–H groups in total. The van der Waals surface area contributed by atoms with E-state index in [1.165, 1.54) is 17.7 Å². The van der Waals surface area contributed by atoms with E-state index in [1.54, 1.807) is 18.4 Å². The van der Waals surface area contributed by atoms with Crippen LogP contribution < -0.4 is 10.5 Å². The van der Waals surface area contributed by atoms with Gasteiger partial charge in [-0.25, -0.2) is 4.98 Å². The largest absolute Gasteiger partial charge is 0.497 e. The molecule has 96 valence electrons. The molecule has 1 aromatic carbocycles. The average Bonchev–Trinajstić information content (AvgIpc) is 2.77. The Kier molecular flexibility index (Phi) is 4.20. The number of nitrogen functional groups attached to an aromatic ring is 1. The molecule has 2 rings (SSSR count). The molecule has 1 aromatic heterocycles. The minimum Gasteiger partial charge on any atom is -0.497 e. The molecule has 0 aliphatic rings. The molecule has 4 heteroatoms. The van der Waals surface area contributed by atoms with E-state index in [1.807, 2.05) is 24.3 Å². The SMILES string of the molecule is CCCCc1sc(N)nc1-c1ccc(OC)cc1. The number of nitrogens with two attached hydrogens (primary N) is 1. The lowest BCUT2D eigenvalue weighted by Gasteiger charge is -2.03. The van der Waals surface area contributed by atoms with Gasteiger partial charge in [0.25, 0.3) is 0 Å². The van der Waals surface area contributed by atoms with Crippen molar-refractivity contribution >= 4 is 16.5 Å². The van der Waals surface area contributed by atoms with Crippen molar-refractivity contribution in [2.24, 2.45) is 0 Å². The first-order valence-corrected chi connectivity index (χ1v) is 6.96. The maximum atomic E-state index is 5.83. The summed E-state index contributed by atoms with van der Waals surface area (Å²) in [5.41, 5.74) is 7.96. The van der Waals surface area contributed by atoms with E-state index < -0.39 is 0 Å². The van der Waals surface area contributed by atoms with Gasteiger partial charge >= 0.3 is 0 Å². The number of aromatic nitrogens is 1. The maximum absolute atomic E-state index is 5.83. The minimum absolute atomic E-state index is 0.645.